The van der Waals surface area contributed by atoms with E-state index in [1.165, 1.54) is 17.0 Å². The summed E-state index contributed by atoms with van der Waals surface area (Å²) < 4.78 is 20.3. The third-order valence-electron chi connectivity index (χ3n) is 5.38. The summed E-state index contributed by atoms with van der Waals surface area (Å²) in [4.78, 5) is 29.5. The zero-order valence-corrected chi connectivity index (χ0v) is 16.0. The van der Waals surface area contributed by atoms with Crippen LogP contribution in [0.2, 0.25) is 0 Å². The molecule has 148 valence electrons. The van der Waals surface area contributed by atoms with E-state index < -0.39 is 23.5 Å². The fourth-order valence-electron chi connectivity index (χ4n) is 3.96. The summed E-state index contributed by atoms with van der Waals surface area (Å²) in [7, 11) is 3.85. The molecular formula is C20H28FN3O3. The van der Waals surface area contributed by atoms with Crippen molar-refractivity contribution < 1.29 is 18.7 Å². The molecule has 1 heterocycles. The second kappa shape index (κ2) is 8.35. The van der Waals surface area contributed by atoms with Gasteiger partial charge in [0, 0.05) is 13.1 Å². The highest BCUT2D eigenvalue weighted by Crippen LogP contribution is 2.41. The summed E-state index contributed by atoms with van der Waals surface area (Å²) in [5, 5.41) is 2.88. The first kappa shape index (κ1) is 19.8. The molecule has 1 aromatic carbocycles. The molecule has 1 saturated carbocycles. The number of ether oxygens (including phenoxy) is 1. The van der Waals surface area contributed by atoms with E-state index >= 15 is 0 Å². The van der Waals surface area contributed by atoms with Crippen molar-refractivity contribution in [2.45, 2.75) is 43.9 Å². The number of hydrogen-bond donors (Lipinski definition) is 1. The summed E-state index contributed by atoms with van der Waals surface area (Å²) in [6.07, 6.45) is 4.28. The molecule has 6 nitrogen and oxygen atoms in total. The van der Waals surface area contributed by atoms with E-state index in [0.717, 1.165) is 19.3 Å². The average molecular weight is 377 g/mol. The van der Waals surface area contributed by atoms with E-state index in [9.17, 15) is 14.0 Å². The SMILES string of the molecule is CN(C)CCNC(=O)C1COC2(CCCCC2)N1C(=O)c1ccccc1F. The molecule has 1 aliphatic carbocycles. The molecule has 0 bridgehead atoms. The molecule has 0 aromatic heterocycles. The third kappa shape index (κ3) is 4.14. The Morgan fingerprint density at radius 1 is 1.26 bits per heavy atom. The van der Waals surface area contributed by atoms with Gasteiger partial charge in [0.05, 0.1) is 12.2 Å². The number of nitrogens with zero attached hydrogens (tertiary/aromatic N) is 2. The average Bonchev–Trinajstić information content (AvgIpc) is 3.00. The third-order valence-corrected chi connectivity index (χ3v) is 5.38. The Bertz CT molecular complexity index is 689. The van der Waals surface area contributed by atoms with Gasteiger partial charge in [-0.3, -0.25) is 14.5 Å². The van der Waals surface area contributed by atoms with Crippen LogP contribution in [0.5, 0.6) is 0 Å². The highest BCUT2D eigenvalue weighted by Gasteiger charge is 2.53. The monoisotopic (exact) mass is 377 g/mol. The molecule has 1 spiro atoms. The minimum absolute atomic E-state index is 0.0148. The van der Waals surface area contributed by atoms with E-state index in [2.05, 4.69) is 5.32 Å². The highest BCUT2D eigenvalue weighted by atomic mass is 19.1. The van der Waals surface area contributed by atoms with Crippen molar-refractivity contribution >= 4 is 11.8 Å². The van der Waals surface area contributed by atoms with Crippen molar-refractivity contribution in [3.8, 4) is 0 Å². The van der Waals surface area contributed by atoms with E-state index in [1.54, 1.807) is 12.1 Å². The Balaban J connectivity index is 1.85. The van der Waals surface area contributed by atoms with Crippen LogP contribution in [-0.2, 0) is 9.53 Å². The van der Waals surface area contributed by atoms with E-state index in [1.807, 2.05) is 19.0 Å². The molecule has 7 heteroatoms. The Morgan fingerprint density at radius 2 is 1.96 bits per heavy atom. The lowest BCUT2D eigenvalue weighted by atomic mass is 9.89. The van der Waals surface area contributed by atoms with Crippen LogP contribution < -0.4 is 5.32 Å². The maximum Gasteiger partial charge on any atom is 0.259 e. The van der Waals surface area contributed by atoms with Crippen LogP contribution in [0.4, 0.5) is 4.39 Å². The summed E-state index contributed by atoms with van der Waals surface area (Å²) in [5.41, 5.74) is -0.819. The van der Waals surface area contributed by atoms with Gasteiger partial charge < -0.3 is 15.0 Å². The predicted molar refractivity (Wildman–Crippen MR) is 99.7 cm³/mol. The Labute approximate surface area is 159 Å². The zero-order valence-electron chi connectivity index (χ0n) is 16.0. The molecule has 0 radical (unpaired) electrons. The maximum absolute atomic E-state index is 14.3. The van der Waals surface area contributed by atoms with Gasteiger partial charge in [0.2, 0.25) is 5.91 Å². The smallest absolute Gasteiger partial charge is 0.259 e. The standard InChI is InChI=1S/C20H28FN3O3/c1-23(2)13-12-22-18(25)17-14-27-20(10-6-3-7-11-20)24(17)19(26)15-8-4-5-9-16(15)21/h4-5,8-9,17H,3,6-7,10-14H2,1-2H3,(H,22,25). The largest absolute Gasteiger partial charge is 0.353 e. The summed E-state index contributed by atoms with van der Waals surface area (Å²) in [6, 6.07) is 5.18. The van der Waals surface area contributed by atoms with Gasteiger partial charge in [-0.05, 0) is 51.9 Å². The first-order chi connectivity index (χ1) is 12.9. The number of carbonyl (C=O) groups excluding carboxylic acids is 2. The lowest BCUT2D eigenvalue weighted by molar-refractivity contribution is -0.127. The van der Waals surface area contributed by atoms with Crippen LogP contribution >= 0.6 is 0 Å². The number of likely N-dealkylation sites (N-methyl/N-ethyl adjacent to an activating group) is 1. The van der Waals surface area contributed by atoms with Crippen molar-refractivity contribution in [3.05, 3.63) is 35.6 Å². The molecule has 2 amide bonds. The Hall–Kier alpha value is -1.99. The minimum Gasteiger partial charge on any atom is -0.353 e. The van der Waals surface area contributed by atoms with Crippen LogP contribution in [0, 0.1) is 5.82 Å². The molecule has 27 heavy (non-hydrogen) atoms. The van der Waals surface area contributed by atoms with Crippen molar-refractivity contribution in [2.24, 2.45) is 0 Å². The first-order valence-corrected chi connectivity index (χ1v) is 9.59. The zero-order chi connectivity index (χ0) is 19.4. The van der Waals surface area contributed by atoms with Gasteiger partial charge >= 0.3 is 0 Å². The fraction of sp³-hybridized carbons (Fsp3) is 0.600. The molecule has 1 unspecified atom stereocenters. The molecule has 2 fully saturated rings. The van der Waals surface area contributed by atoms with Crippen molar-refractivity contribution in [2.75, 3.05) is 33.8 Å². The summed E-state index contributed by atoms with van der Waals surface area (Å²) in [6.45, 7) is 1.33. The molecule has 1 N–H and O–H groups in total. The van der Waals surface area contributed by atoms with Crippen molar-refractivity contribution in [3.63, 3.8) is 0 Å². The van der Waals surface area contributed by atoms with Gasteiger partial charge in [0.1, 0.15) is 17.6 Å². The number of rotatable bonds is 5. The highest BCUT2D eigenvalue weighted by molar-refractivity contribution is 5.98. The fourth-order valence-corrected chi connectivity index (χ4v) is 3.96. The van der Waals surface area contributed by atoms with Gasteiger partial charge in [-0.25, -0.2) is 4.39 Å². The maximum atomic E-state index is 14.3. The van der Waals surface area contributed by atoms with Gasteiger partial charge in [-0.1, -0.05) is 18.6 Å². The second-order valence-corrected chi connectivity index (χ2v) is 7.58. The summed E-state index contributed by atoms with van der Waals surface area (Å²) in [5.74, 6) is -1.30. The first-order valence-electron chi connectivity index (χ1n) is 9.59. The van der Waals surface area contributed by atoms with Crippen LogP contribution in [0.15, 0.2) is 24.3 Å². The predicted octanol–water partition coefficient (Wildman–Crippen LogP) is 2.00. The quantitative estimate of drug-likeness (QED) is 0.853. The van der Waals surface area contributed by atoms with Crippen molar-refractivity contribution in [1.82, 2.24) is 15.1 Å². The number of carbonyl (C=O) groups is 2. The van der Waals surface area contributed by atoms with Crippen LogP contribution in [0.3, 0.4) is 0 Å². The lowest BCUT2D eigenvalue weighted by Crippen LogP contribution is -2.56. The minimum atomic E-state index is -0.804. The topological polar surface area (TPSA) is 61.9 Å². The van der Waals surface area contributed by atoms with Crippen LogP contribution in [-0.4, -0.2) is 67.2 Å². The summed E-state index contributed by atoms with van der Waals surface area (Å²) >= 11 is 0. The van der Waals surface area contributed by atoms with E-state index in [4.69, 9.17) is 4.74 Å². The Morgan fingerprint density at radius 3 is 2.63 bits per heavy atom. The number of benzene rings is 1. The van der Waals surface area contributed by atoms with Crippen LogP contribution in [0.1, 0.15) is 42.5 Å². The number of nitrogens with one attached hydrogen (secondary N) is 1. The van der Waals surface area contributed by atoms with Gasteiger partial charge in [-0.2, -0.15) is 0 Å². The van der Waals surface area contributed by atoms with Gasteiger partial charge in [-0.15, -0.1) is 0 Å². The normalized spacial score (nSPS) is 21.6. The molecular weight excluding hydrogens is 349 g/mol. The van der Waals surface area contributed by atoms with Crippen LogP contribution in [0.25, 0.3) is 0 Å². The number of hydrogen-bond acceptors (Lipinski definition) is 4. The van der Waals surface area contributed by atoms with Crippen molar-refractivity contribution in [1.29, 1.82) is 0 Å². The molecule has 1 aromatic rings. The van der Waals surface area contributed by atoms with E-state index in [-0.39, 0.29) is 18.1 Å². The number of amides is 2. The van der Waals surface area contributed by atoms with Gasteiger partial charge in [0.25, 0.3) is 5.91 Å². The number of halogens is 1. The Kier molecular flexibility index (Phi) is 6.11. The molecule has 2 aliphatic rings. The lowest BCUT2D eigenvalue weighted by Gasteiger charge is -2.41. The van der Waals surface area contributed by atoms with Gasteiger partial charge in [0.15, 0.2) is 0 Å². The molecule has 1 atom stereocenters. The molecule has 3 rings (SSSR count). The second-order valence-electron chi connectivity index (χ2n) is 7.58. The van der Waals surface area contributed by atoms with E-state index in [0.29, 0.717) is 25.9 Å². The molecule has 1 aliphatic heterocycles. The molecule has 1 saturated heterocycles.